The van der Waals surface area contributed by atoms with Crippen molar-refractivity contribution in [2.75, 3.05) is 57.8 Å². The number of ether oxygens (including phenoxy) is 1. The first-order chi connectivity index (χ1) is 27.6. The van der Waals surface area contributed by atoms with Crippen molar-refractivity contribution in [3.63, 3.8) is 0 Å². The van der Waals surface area contributed by atoms with Crippen molar-refractivity contribution in [2.24, 2.45) is 5.92 Å². The molecule has 2 aromatic heterocycles. The largest absolute Gasteiger partial charge is 0.507 e. The number of piperazine rings is 1. The van der Waals surface area contributed by atoms with Gasteiger partial charge >= 0.3 is 0 Å². The summed E-state index contributed by atoms with van der Waals surface area (Å²) in [5.41, 5.74) is 5.89. The Kier molecular flexibility index (Phi) is 9.76. The van der Waals surface area contributed by atoms with Gasteiger partial charge in [-0.1, -0.05) is 13.0 Å². The number of pyridine rings is 2. The summed E-state index contributed by atoms with van der Waals surface area (Å²) in [6, 6.07) is 11.3. The first kappa shape index (κ1) is 37.3. The van der Waals surface area contributed by atoms with Gasteiger partial charge in [-0.05, 0) is 111 Å². The fraction of sp³-hybridized carbons (Fsp3) is 0.477. The van der Waals surface area contributed by atoms with Crippen LogP contribution in [0.2, 0.25) is 0 Å². The van der Waals surface area contributed by atoms with Crippen molar-refractivity contribution in [3.05, 3.63) is 81.5 Å². The Bertz CT molecular complexity index is 2300. The molecule has 4 aromatic rings. The molecule has 3 N–H and O–H groups in total. The SMILES string of the molecule is COc1cc(-c2c[nH]c(=O)c3cnc(C4(C)CC4)cc23)cc(O)c1CN1CCC(CCN2CCN(c3ccc4c(c3)C(=O)N(C3CCC(=O)NC3=O)C4)CC2)CC1. The third kappa shape index (κ3) is 7.27. The van der Waals surface area contributed by atoms with E-state index in [9.17, 15) is 24.3 Å². The van der Waals surface area contributed by atoms with Gasteiger partial charge in [0.2, 0.25) is 11.8 Å². The number of phenolic OH excluding ortho intramolecular Hbond substituents is 1. The van der Waals surface area contributed by atoms with Gasteiger partial charge in [0.25, 0.3) is 11.5 Å². The number of phenols is 1. The second-order valence-electron chi connectivity index (χ2n) is 17.0. The number of likely N-dealkylation sites (tertiary alicyclic amines) is 1. The number of methoxy groups -OCH3 is 1. The van der Waals surface area contributed by atoms with E-state index in [4.69, 9.17) is 4.74 Å². The van der Waals surface area contributed by atoms with Crippen LogP contribution in [-0.4, -0.2) is 106 Å². The maximum atomic E-state index is 13.3. The molecule has 2 aromatic carbocycles. The van der Waals surface area contributed by atoms with Crippen LogP contribution in [0.4, 0.5) is 5.69 Å². The Morgan fingerprint density at radius 3 is 2.44 bits per heavy atom. The van der Waals surface area contributed by atoms with Gasteiger partial charge in [-0.15, -0.1) is 0 Å². The standard InChI is InChI=1S/C44H51N7O6/c1-44(10-11-44)39-22-32-33(23-46-41(54)34(32)24-45-39)29-19-37(52)35(38(20-29)57-2)26-49-13-8-27(9-14-49)7-12-48-15-17-50(18-16-48)30-4-3-28-25-51(43(56)31(28)21-30)36-5-6-40(53)47-42(36)55/h3-4,19-24,27,36,52H,5-18,25-26H2,1-2H3,(H,46,54)(H,47,53,55). The topological polar surface area (TPSA) is 151 Å². The Labute approximate surface area is 332 Å². The monoisotopic (exact) mass is 773 g/mol. The number of nitrogens with zero attached hydrogens (tertiary/aromatic N) is 5. The van der Waals surface area contributed by atoms with Gasteiger partial charge in [0.15, 0.2) is 0 Å². The van der Waals surface area contributed by atoms with Crippen LogP contribution in [0.25, 0.3) is 21.9 Å². The second-order valence-corrected chi connectivity index (χ2v) is 17.0. The predicted molar refractivity (Wildman–Crippen MR) is 216 cm³/mol. The van der Waals surface area contributed by atoms with Gasteiger partial charge in [-0.3, -0.25) is 39.3 Å². The summed E-state index contributed by atoms with van der Waals surface area (Å²) in [5, 5.41) is 15.1. The first-order valence-corrected chi connectivity index (χ1v) is 20.5. The van der Waals surface area contributed by atoms with E-state index in [-0.39, 0.29) is 40.9 Å². The van der Waals surface area contributed by atoms with Gasteiger partial charge in [0.05, 0.1) is 12.5 Å². The summed E-state index contributed by atoms with van der Waals surface area (Å²) in [5.74, 6) is 0.678. The lowest BCUT2D eigenvalue weighted by Gasteiger charge is -2.38. The maximum Gasteiger partial charge on any atom is 0.257 e. The molecule has 13 nitrogen and oxygen atoms in total. The number of hydrogen-bond acceptors (Lipinski definition) is 10. The molecule has 4 fully saturated rings. The fourth-order valence-corrected chi connectivity index (χ4v) is 9.28. The highest BCUT2D eigenvalue weighted by atomic mass is 16.5. The molecule has 1 atom stereocenters. The number of nitrogens with one attached hydrogen (secondary N) is 2. The number of aromatic hydroxyl groups is 1. The van der Waals surface area contributed by atoms with Gasteiger partial charge < -0.3 is 24.6 Å². The van der Waals surface area contributed by atoms with Crippen LogP contribution in [0.3, 0.4) is 0 Å². The van der Waals surface area contributed by atoms with Crippen LogP contribution < -0.4 is 20.5 Å². The molecule has 13 heteroatoms. The zero-order valence-electron chi connectivity index (χ0n) is 32.8. The van der Waals surface area contributed by atoms with Crippen LogP contribution in [0.5, 0.6) is 11.5 Å². The molecule has 3 saturated heterocycles. The first-order valence-electron chi connectivity index (χ1n) is 20.5. The highest BCUT2D eigenvalue weighted by Crippen LogP contribution is 2.47. The van der Waals surface area contributed by atoms with Gasteiger partial charge in [0, 0.05) is 91.6 Å². The number of imide groups is 1. The normalized spacial score (nSPS) is 21.6. The van der Waals surface area contributed by atoms with E-state index in [0.717, 1.165) is 117 Å². The van der Waals surface area contributed by atoms with Gasteiger partial charge in [0.1, 0.15) is 17.5 Å². The minimum Gasteiger partial charge on any atom is -0.507 e. The molecule has 5 aliphatic rings. The molecule has 57 heavy (non-hydrogen) atoms. The number of amides is 3. The number of H-pyrrole nitrogens is 1. The number of anilines is 1. The van der Waals surface area contributed by atoms with E-state index in [0.29, 0.717) is 42.1 Å². The number of benzene rings is 2. The van der Waals surface area contributed by atoms with Crippen LogP contribution in [0.1, 0.15) is 79.0 Å². The lowest BCUT2D eigenvalue weighted by Crippen LogP contribution is -2.52. The number of aromatic amines is 1. The average molecular weight is 774 g/mol. The third-order valence-corrected chi connectivity index (χ3v) is 13.3. The van der Waals surface area contributed by atoms with Crippen molar-refractivity contribution in [1.29, 1.82) is 0 Å². The van der Waals surface area contributed by atoms with Crippen LogP contribution in [0.15, 0.2) is 53.6 Å². The Hall–Kier alpha value is -5.27. The summed E-state index contributed by atoms with van der Waals surface area (Å²) in [6.07, 6.45) is 9.57. The second kappa shape index (κ2) is 14.9. The fourth-order valence-electron chi connectivity index (χ4n) is 9.28. The lowest BCUT2D eigenvalue weighted by molar-refractivity contribution is -0.136. The Morgan fingerprint density at radius 2 is 1.70 bits per heavy atom. The maximum absolute atomic E-state index is 13.3. The number of hydrogen-bond donors (Lipinski definition) is 3. The molecular formula is C44H51N7O6. The van der Waals surface area contributed by atoms with Crippen molar-refractivity contribution < 1.29 is 24.2 Å². The molecule has 1 aliphatic carbocycles. The summed E-state index contributed by atoms with van der Waals surface area (Å²) < 4.78 is 5.85. The molecule has 0 spiro atoms. The quantitative estimate of drug-likeness (QED) is 0.196. The average Bonchev–Trinajstić information content (AvgIpc) is 3.90. The summed E-state index contributed by atoms with van der Waals surface area (Å²) >= 11 is 0. The minimum absolute atomic E-state index is 0.0591. The van der Waals surface area contributed by atoms with Gasteiger partial charge in [-0.25, -0.2) is 0 Å². The zero-order valence-corrected chi connectivity index (χ0v) is 32.8. The molecule has 9 rings (SSSR count). The lowest BCUT2D eigenvalue weighted by atomic mass is 9.92. The summed E-state index contributed by atoms with van der Waals surface area (Å²) in [7, 11) is 1.64. The van der Waals surface area contributed by atoms with Crippen LogP contribution in [-0.2, 0) is 28.1 Å². The highest BCUT2D eigenvalue weighted by molar-refractivity contribution is 6.05. The van der Waals surface area contributed by atoms with Crippen molar-refractivity contribution in [3.8, 4) is 22.6 Å². The van der Waals surface area contributed by atoms with Crippen molar-refractivity contribution in [2.45, 2.75) is 76.4 Å². The Balaban J connectivity index is 0.766. The molecule has 0 radical (unpaired) electrons. The van der Waals surface area contributed by atoms with E-state index in [1.54, 1.807) is 30.5 Å². The molecule has 4 aliphatic heterocycles. The number of piperidine rings is 2. The van der Waals surface area contributed by atoms with E-state index in [2.05, 4.69) is 43.0 Å². The zero-order chi connectivity index (χ0) is 39.4. The van der Waals surface area contributed by atoms with E-state index in [1.165, 1.54) is 0 Å². The number of carbonyl (C=O) groups excluding carboxylic acids is 3. The summed E-state index contributed by atoms with van der Waals surface area (Å²) in [6.45, 7) is 9.90. The van der Waals surface area contributed by atoms with Crippen molar-refractivity contribution >= 4 is 34.2 Å². The molecule has 3 amide bonds. The van der Waals surface area contributed by atoms with E-state index < -0.39 is 6.04 Å². The van der Waals surface area contributed by atoms with E-state index >= 15 is 0 Å². The van der Waals surface area contributed by atoms with Crippen LogP contribution >= 0.6 is 0 Å². The Morgan fingerprint density at radius 1 is 0.912 bits per heavy atom. The number of carbonyl (C=O) groups is 3. The van der Waals surface area contributed by atoms with Crippen LogP contribution in [0, 0.1) is 5.92 Å². The van der Waals surface area contributed by atoms with E-state index in [1.807, 2.05) is 24.3 Å². The molecule has 1 saturated carbocycles. The molecule has 0 bridgehead atoms. The number of aromatic nitrogens is 2. The smallest absolute Gasteiger partial charge is 0.257 e. The molecule has 298 valence electrons. The minimum atomic E-state index is -0.601. The predicted octanol–water partition coefficient (Wildman–Crippen LogP) is 4.54. The number of rotatable bonds is 10. The molecule has 6 heterocycles. The van der Waals surface area contributed by atoms with Gasteiger partial charge in [-0.2, -0.15) is 0 Å². The van der Waals surface area contributed by atoms with Crippen molar-refractivity contribution in [1.82, 2.24) is 30.0 Å². The molecular weight excluding hydrogens is 723 g/mol. The highest BCUT2D eigenvalue weighted by Gasteiger charge is 2.41. The summed E-state index contributed by atoms with van der Waals surface area (Å²) in [4.78, 5) is 66.5. The third-order valence-electron chi connectivity index (χ3n) is 13.3. The number of fused-ring (bicyclic) bond motifs is 2. The molecule has 1 unspecified atom stereocenters.